The summed E-state index contributed by atoms with van der Waals surface area (Å²) >= 11 is 0. The quantitative estimate of drug-likeness (QED) is 0.369. The molecule has 1 radical (unpaired) electrons. The zero-order valence-electron chi connectivity index (χ0n) is 10.1. The number of nitrogens with one attached hydrogen (secondary N) is 1. The lowest BCUT2D eigenvalue weighted by Gasteiger charge is -2.29. The molecular weight excluding hydrogens is 235 g/mol. The number of hydrogen-bond acceptors (Lipinski definition) is 4. The molecule has 18 heavy (non-hydrogen) atoms. The average molecular weight is 253 g/mol. The number of amides is 1. The van der Waals surface area contributed by atoms with E-state index >= 15 is 0 Å². The fourth-order valence-corrected chi connectivity index (χ4v) is 3.42. The van der Waals surface area contributed by atoms with Crippen LogP contribution in [0.5, 0.6) is 0 Å². The van der Waals surface area contributed by atoms with Gasteiger partial charge in [-0.25, -0.2) is 0 Å². The van der Waals surface area contributed by atoms with E-state index in [4.69, 9.17) is 10.8 Å². The Hall–Kier alpha value is -1.08. The van der Waals surface area contributed by atoms with Gasteiger partial charge in [0.15, 0.2) is 0 Å². The molecule has 0 unspecified atom stereocenters. The SMILES string of the molecule is N[C@@]1(C(=O)O)C[C@H]2CNC(=O)[C@H]2[C@@H]1CCC[B]O. The highest BCUT2D eigenvalue weighted by Gasteiger charge is 2.59. The number of fused-ring (bicyclic) bond motifs is 1. The maximum Gasteiger partial charge on any atom is 0.324 e. The molecule has 1 aliphatic carbocycles. The predicted octanol–water partition coefficient (Wildman–Crippen LogP) is -1.04. The Morgan fingerprint density at radius 3 is 2.94 bits per heavy atom. The van der Waals surface area contributed by atoms with Crippen molar-refractivity contribution in [2.45, 2.75) is 31.1 Å². The molecule has 1 aliphatic heterocycles. The van der Waals surface area contributed by atoms with Gasteiger partial charge < -0.3 is 21.2 Å². The van der Waals surface area contributed by atoms with Crippen LogP contribution < -0.4 is 11.1 Å². The first-order valence-corrected chi connectivity index (χ1v) is 6.26. The zero-order chi connectivity index (χ0) is 13.3. The van der Waals surface area contributed by atoms with E-state index in [1.54, 1.807) is 0 Å². The van der Waals surface area contributed by atoms with Gasteiger partial charge in [0.05, 0.1) is 0 Å². The van der Waals surface area contributed by atoms with Gasteiger partial charge in [-0.3, -0.25) is 9.59 Å². The second-order valence-corrected chi connectivity index (χ2v) is 5.30. The summed E-state index contributed by atoms with van der Waals surface area (Å²) in [6, 6.07) is 0. The van der Waals surface area contributed by atoms with Crippen LogP contribution in [0.3, 0.4) is 0 Å². The van der Waals surface area contributed by atoms with Crippen molar-refractivity contribution in [2.75, 3.05) is 6.54 Å². The fourth-order valence-electron chi connectivity index (χ4n) is 3.42. The van der Waals surface area contributed by atoms with Crippen LogP contribution >= 0.6 is 0 Å². The number of rotatable bonds is 5. The van der Waals surface area contributed by atoms with E-state index < -0.39 is 11.5 Å². The van der Waals surface area contributed by atoms with E-state index in [0.29, 0.717) is 32.1 Å². The standard InChI is InChI=1S/C11H18BN2O4/c13-11(10(16)17)4-6-5-14-9(15)8(6)7(11)2-1-3-12-18/h6-8,18H,1-5,13H2,(H,14,15)(H,16,17)/t6-,7-,8+,11-/m0/s1. The molecule has 0 aromatic carbocycles. The van der Waals surface area contributed by atoms with Crippen LogP contribution in [0.4, 0.5) is 0 Å². The molecular formula is C11H18BN2O4. The summed E-state index contributed by atoms with van der Waals surface area (Å²) in [5, 5.41) is 20.8. The average Bonchev–Trinajstić information content (AvgIpc) is 2.79. The molecule has 1 saturated heterocycles. The van der Waals surface area contributed by atoms with Gasteiger partial charge in [-0.1, -0.05) is 12.7 Å². The molecule has 1 heterocycles. The Bertz CT molecular complexity index is 363. The Morgan fingerprint density at radius 1 is 1.61 bits per heavy atom. The van der Waals surface area contributed by atoms with Crippen molar-refractivity contribution in [3.8, 4) is 0 Å². The van der Waals surface area contributed by atoms with E-state index in [2.05, 4.69) is 5.32 Å². The summed E-state index contributed by atoms with van der Waals surface area (Å²) in [7, 11) is 1.06. The monoisotopic (exact) mass is 253 g/mol. The number of carboxylic acid groups (broad SMARTS) is 1. The van der Waals surface area contributed by atoms with Crippen molar-refractivity contribution in [3.63, 3.8) is 0 Å². The molecule has 2 fully saturated rings. The highest BCUT2D eigenvalue weighted by molar-refractivity contribution is 6.25. The third kappa shape index (κ3) is 2.01. The number of aliphatic carboxylic acids is 1. The summed E-state index contributed by atoms with van der Waals surface area (Å²) in [6.45, 7) is 0.526. The van der Waals surface area contributed by atoms with Gasteiger partial charge in [-0.15, -0.1) is 0 Å². The van der Waals surface area contributed by atoms with Gasteiger partial charge in [-0.2, -0.15) is 0 Å². The lowest BCUT2D eigenvalue weighted by molar-refractivity contribution is -0.145. The van der Waals surface area contributed by atoms with Crippen LogP contribution in [0.15, 0.2) is 0 Å². The minimum Gasteiger partial charge on any atom is -0.480 e. The van der Waals surface area contributed by atoms with Crippen LogP contribution in [-0.2, 0) is 9.59 Å². The molecule has 0 aromatic rings. The van der Waals surface area contributed by atoms with Gasteiger partial charge in [0.25, 0.3) is 7.48 Å². The third-order valence-corrected chi connectivity index (χ3v) is 4.29. The van der Waals surface area contributed by atoms with Gasteiger partial charge in [0.1, 0.15) is 5.54 Å². The van der Waals surface area contributed by atoms with Crippen molar-refractivity contribution in [3.05, 3.63) is 0 Å². The van der Waals surface area contributed by atoms with Crippen molar-refractivity contribution in [2.24, 2.45) is 23.5 Å². The number of nitrogens with two attached hydrogens (primary N) is 1. The lowest BCUT2D eigenvalue weighted by Crippen LogP contribution is -2.53. The predicted molar refractivity (Wildman–Crippen MR) is 64.7 cm³/mol. The number of carboxylic acids is 1. The van der Waals surface area contributed by atoms with E-state index in [9.17, 15) is 14.7 Å². The van der Waals surface area contributed by atoms with Crippen molar-refractivity contribution in [1.82, 2.24) is 5.32 Å². The first-order valence-electron chi connectivity index (χ1n) is 6.26. The molecule has 2 rings (SSSR count). The Labute approximate surface area is 106 Å². The molecule has 7 heteroatoms. The molecule has 1 amide bonds. The molecule has 0 bridgehead atoms. The largest absolute Gasteiger partial charge is 0.480 e. The Kier molecular flexibility index (Phi) is 3.63. The van der Waals surface area contributed by atoms with E-state index in [1.807, 2.05) is 0 Å². The highest BCUT2D eigenvalue weighted by atomic mass is 16.4. The first-order chi connectivity index (χ1) is 8.50. The number of carbonyl (C=O) groups is 2. The third-order valence-electron chi connectivity index (χ3n) is 4.29. The van der Waals surface area contributed by atoms with Crippen LogP contribution in [0.25, 0.3) is 0 Å². The zero-order valence-corrected chi connectivity index (χ0v) is 10.1. The highest BCUT2D eigenvalue weighted by Crippen LogP contribution is 2.47. The number of carbonyl (C=O) groups excluding carboxylic acids is 1. The Morgan fingerprint density at radius 2 is 2.33 bits per heavy atom. The van der Waals surface area contributed by atoms with Crippen molar-refractivity contribution < 1.29 is 19.7 Å². The lowest BCUT2D eigenvalue weighted by atomic mass is 9.78. The molecule has 2 aliphatic rings. The summed E-state index contributed by atoms with van der Waals surface area (Å²) in [5.74, 6) is -1.71. The minimum absolute atomic E-state index is 0.0294. The van der Waals surface area contributed by atoms with Crippen LogP contribution in [0.2, 0.25) is 6.32 Å². The molecule has 6 nitrogen and oxygen atoms in total. The van der Waals surface area contributed by atoms with Crippen molar-refractivity contribution in [1.29, 1.82) is 0 Å². The van der Waals surface area contributed by atoms with E-state index in [0.717, 1.165) is 7.48 Å². The molecule has 5 N–H and O–H groups in total. The van der Waals surface area contributed by atoms with Crippen LogP contribution in [0, 0.1) is 17.8 Å². The fraction of sp³-hybridized carbons (Fsp3) is 0.818. The normalized spacial score (nSPS) is 38.3. The summed E-state index contributed by atoms with van der Waals surface area (Å²) in [5.41, 5.74) is 4.73. The molecule has 99 valence electrons. The minimum atomic E-state index is -1.30. The van der Waals surface area contributed by atoms with Gasteiger partial charge >= 0.3 is 5.97 Å². The molecule has 0 aromatic heterocycles. The maximum atomic E-state index is 11.8. The van der Waals surface area contributed by atoms with Crippen molar-refractivity contribution >= 4 is 19.4 Å². The summed E-state index contributed by atoms with van der Waals surface area (Å²) < 4.78 is 0. The smallest absolute Gasteiger partial charge is 0.324 e. The van der Waals surface area contributed by atoms with Gasteiger partial charge in [-0.05, 0) is 24.7 Å². The topological polar surface area (TPSA) is 113 Å². The first kappa shape index (κ1) is 13.4. The number of hydrogen-bond donors (Lipinski definition) is 4. The molecule has 1 saturated carbocycles. The van der Waals surface area contributed by atoms with E-state index in [1.165, 1.54) is 0 Å². The second-order valence-electron chi connectivity index (χ2n) is 5.30. The molecule has 0 spiro atoms. The maximum absolute atomic E-state index is 11.8. The summed E-state index contributed by atoms with van der Waals surface area (Å²) in [4.78, 5) is 23.2. The van der Waals surface area contributed by atoms with Crippen LogP contribution in [0.1, 0.15) is 19.3 Å². The molecule has 4 atom stereocenters. The van der Waals surface area contributed by atoms with Gasteiger partial charge in [0, 0.05) is 12.5 Å². The summed E-state index contributed by atoms with van der Waals surface area (Å²) in [6.07, 6.45) is 2.03. The van der Waals surface area contributed by atoms with E-state index in [-0.39, 0.29) is 23.7 Å². The van der Waals surface area contributed by atoms with Gasteiger partial charge in [0.2, 0.25) is 5.91 Å². The Balaban J connectivity index is 2.16. The van der Waals surface area contributed by atoms with Crippen LogP contribution in [-0.4, -0.2) is 41.6 Å². The second kappa shape index (κ2) is 4.89.